The van der Waals surface area contributed by atoms with Crippen LogP contribution in [0.3, 0.4) is 0 Å². The number of H-pyrrole nitrogens is 1. The highest BCUT2D eigenvalue weighted by atomic mass is 16.6. The molecule has 2 saturated heterocycles. The molecule has 5 aliphatic heterocycles. The van der Waals surface area contributed by atoms with Crippen molar-refractivity contribution in [3.05, 3.63) is 70.9 Å². The van der Waals surface area contributed by atoms with Gasteiger partial charge in [-0.3, -0.25) is 19.3 Å². The predicted molar refractivity (Wildman–Crippen MR) is 226 cm³/mol. The number of esters is 3. The second kappa shape index (κ2) is 14.4. The van der Waals surface area contributed by atoms with Gasteiger partial charge in [0.05, 0.1) is 33.1 Å². The van der Waals surface area contributed by atoms with Crippen molar-refractivity contribution in [3.63, 3.8) is 0 Å². The van der Waals surface area contributed by atoms with Crippen LogP contribution in [0.25, 0.3) is 10.9 Å². The molecule has 11 atom stereocenters. The molecule has 0 radical (unpaired) electrons. The van der Waals surface area contributed by atoms with Gasteiger partial charge in [0.15, 0.2) is 6.10 Å². The minimum absolute atomic E-state index is 0.160. The minimum atomic E-state index is -2.50. The first-order valence-electron chi connectivity index (χ1n) is 22.3. The summed E-state index contributed by atoms with van der Waals surface area (Å²) < 4.78 is 24.0. The van der Waals surface area contributed by atoms with E-state index in [-0.39, 0.29) is 5.92 Å². The number of aliphatic hydroxyl groups is 1. The Hall–Kier alpha value is -4.72. The lowest BCUT2D eigenvalue weighted by atomic mass is 9.47. The molecule has 2 aliphatic carbocycles. The van der Waals surface area contributed by atoms with Gasteiger partial charge in [0, 0.05) is 78.2 Å². The van der Waals surface area contributed by atoms with E-state index in [1.54, 1.807) is 7.11 Å². The van der Waals surface area contributed by atoms with E-state index in [4.69, 9.17) is 18.9 Å². The van der Waals surface area contributed by atoms with Gasteiger partial charge in [-0.25, -0.2) is 4.79 Å². The molecule has 13 nitrogen and oxygen atoms in total. The van der Waals surface area contributed by atoms with Gasteiger partial charge in [-0.1, -0.05) is 50.1 Å². The third-order valence-electron chi connectivity index (χ3n) is 16.7. The van der Waals surface area contributed by atoms with Crippen LogP contribution in [0.15, 0.2) is 48.6 Å². The number of hydrogen-bond acceptors (Lipinski definition) is 11. The molecule has 2 N–H and O–H groups in total. The molecule has 3 aromatic rings. The summed E-state index contributed by atoms with van der Waals surface area (Å²) in [6, 6.07) is 10.4. The molecule has 13 heteroatoms. The second-order valence-electron chi connectivity index (χ2n) is 19.0. The highest BCUT2D eigenvalue weighted by molar-refractivity contribution is 5.96. The molecule has 324 valence electrons. The van der Waals surface area contributed by atoms with Crippen molar-refractivity contribution in [1.29, 1.82) is 0 Å². The summed E-state index contributed by atoms with van der Waals surface area (Å²) in [7, 11) is 4.24. The molecule has 1 unspecified atom stereocenters. The van der Waals surface area contributed by atoms with Gasteiger partial charge in [-0.05, 0) is 86.1 Å². The van der Waals surface area contributed by atoms with E-state index in [1.807, 2.05) is 37.3 Å². The van der Waals surface area contributed by atoms with Crippen LogP contribution in [-0.2, 0) is 50.6 Å². The summed E-state index contributed by atoms with van der Waals surface area (Å²) in [6.07, 6.45) is 10.0. The van der Waals surface area contributed by atoms with Crippen molar-refractivity contribution in [3.8, 4) is 5.75 Å². The second-order valence-corrected chi connectivity index (χ2v) is 19.0. The number of piperidine rings is 1. The number of nitrogens with zero attached hydrogens (tertiary/aromatic N) is 3. The number of methoxy groups -OCH3 is 3. The predicted octanol–water partition coefficient (Wildman–Crippen LogP) is 4.79. The average Bonchev–Trinajstić information content (AvgIpc) is 3.95. The number of hydrogen-bond donors (Lipinski definition) is 2. The molecule has 1 amide bonds. The van der Waals surface area contributed by atoms with Crippen LogP contribution >= 0.6 is 0 Å². The fourth-order valence-electron chi connectivity index (χ4n) is 14.6. The van der Waals surface area contributed by atoms with Gasteiger partial charge in [0.1, 0.15) is 11.2 Å². The third-order valence-corrected chi connectivity index (χ3v) is 16.7. The lowest BCUT2D eigenvalue weighted by Crippen LogP contribution is -2.81. The molecule has 1 spiro atoms. The first-order valence-corrected chi connectivity index (χ1v) is 22.3. The summed E-state index contributed by atoms with van der Waals surface area (Å²) in [5, 5.41) is 14.4. The van der Waals surface area contributed by atoms with Gasteiger partial charge < -0.3 is 38.8 Å². The molecule has 2 saturated carbocycles. The maximum absolute atomic E-state index is 15.5. The van der Waals surface area contributed by atoms with Crippen LogP contribution in [0.1, 0.15) is 81.2 Å². The zero-order chi connectivity index (χ0) is 42.6. The normalized spacial score (nSPS) is 37.1. The van der Waals surface area contributed by atoms with Crippen molar-refractivity contribution in [1.82, 2.24) is 14.8 Å². The van der Waals surface area contributed by atoms with Crippen LogP contribution in [-0.4, -0.2) is 122 Å². The number of benzene rings is 2. The Bertz CT molecular complexity index is 2340. The fourth-order valence-corrected chi connectivity index (χ4v) is 14.6. The van der Waals surface area contributed by atoms with Gasteiger partial charge in [-0.2, -0.15) is 0 Å². The molecule has 7 aliphatic rings. The number of carbonyl (C=O) groups excluding carboxylic acids is 4. The Morgan fingerprint density at radius 3 is 2.48 bits per heavy atom. The quantitative estimate of drug-likeness (QED) is 0.146. The van der Waals surface area contributed by atoms with E-state index in [0.29, 0.717) is 67.6 Å². The SMILES string of the molecule is CC[C@]12C=CCN3CC[C@@]4(c5cc([C@@]6(C(=O)OC)C[C@H]7CN(CCc8c6[nH]c6ccccc86)C[C@H]6CCCC[C@H]67)c(OC)cc5N(C=O)[C@H]4[C@@](O)(C(=O)OC)[C@@H]1OC(C)=O)[C@@H]32. The number of fused-ring (bicyclic) bond motifs is 8. The smallest absolute Gasteiger partial charge is 0.344 e. The first kappa shape index (κ1) is 40.4. The molecular weight excluding hydrogens is 777 g/mol. The zero-order valence-corrected chi connectivity index (χ0v) is 35.9. The van der Waals surface area contributed by atoms with Crippen LogP contribution in [0.2, 0.25) is 0 Å². The average molecular weight is 835 g/mol. The number of rotatable bonds is 7. The summed E-state index contributed by atoms with van der Waals surface area (Å²) >= 11 is 0. The number of aromatic amines is 1. The fraction of sp³-hybridized carbons (Fsp3) is 0.583. The minimum Gasteiger partial charge on any atom is -0.496 e. The Balaban J connectivity index is 1.29. The van der Waals surface area contributed by atoms with E-state index in [9.17, 15) is 19.5 Å². The molecule has 61 heavy (non-hydrogen) atoms. The van der Waals surface area contributed by atoms with Crippen molar-refractivity contribution in [2.75, 3.05) is 59.0 Å². The van der Waals surface area contributed by atoms with E-state index in [0.717, 1.165) is 66.6 Å². The van der Waals surface area contributed by atoms with E-state index < -0.39 is 57.9 Å². The van der Waals surface area contributed by atoms with Gasteiger partial charge >= 0.3 is 17.9 Å². The number of nitrogens with one attached hydrogen (secondary N) is 1. The van der Waals surface area contributed by atoms with E-state index in [2.05, 4.69) is 33.0 Å². The first-order chi connectivity index (χ1) is 29.5. The lowest BCUT2D eigenvalue weighted by molar-refractivity contribution is -0.228. The van der Waals surface area contributed by atoms with Gasteiger partial charge in [0.25, 0.3) is 0 Å². The Labute approximate surface area is 356 Å². The van der Waals surface area contributed by atoms with Crippen LogP contribution in [0.5, 0.6) is 5.75 Å². The molecular formula is C48H58N4O9. The molecule has 6 heterocycles. The largest absolute Gasteiger partial charge is 0.496 e. The monoisotopic (exact) mass is 834 g/mol. The van der Waals surface area contributed by atoms with Crippen LogP contribution in [0.4, 0.5) is 5.69 Å². The van der Waals surface area contributed by atoms with E-state index in [1.165, 1.54) is 38.9 Å². The maximum Gasteiger partial charge on any atom is 0.344 e. The van der Waals surface area contributed by atoms with Gasteiger partial charge in [-0.15, -0.1) is 0 Å². The van der Waals surface area contributed by atoms with Gasteiger partial charge in [0.2, 0.25) is 12.0 Å². The van der Waals surface area contributed by atoms with Crippen molar-refractivity contribution < 1.29 is 43.2 Å². The summed E-state index contributed by atoms with van der Waals surface area (Å²) in [5.74, 6) is -0.535. The number of para-hydroxylation sites is 1. The van der Waals surface area contributed by atoms with Crippen molar-refractivity contribution in [2.45, 2.75) is 99.8 Å². The number of ether oxygens (including phenoxy) is 4. The molecule has 10 rings (SSSR count). The van der Waals surface area contributed by atoms with E-state index >= 15 is 4.79 Å². The number of carbonyl (C=O) groups is 4. The summed E-state index contributed by atoms with van der Waals surface area (Å²) in [5.41, 5.74) is -1.43. The van der Waals surface area contributed by atoms with Crippen LogP contribution < -0.4 is 9.64 Å². The molecule has 4 fully saturated rings. The Morgan fingerprint density at radius 2 is 1.74 bits per heavy atom. The summed E-state index contributed by atoms with van der Waals surface area (Å²) in [6.45, 7) is 7.21. The molecule has 2 aromatic carbocycles. The number of anilines is 1. The number of amides is 1. The third kappa shape index (κ3) is 5.23. The molecule has 2 bridgehead atoms. The molecule has 1 aromatic heterocycles. The van der Waals surface area contributed by atoms with Crippen molar-refractivity contribution in [2.24, 2.45) is 23.2 Å². The standard InChI is InChI=1S/C48H58N4O9/c1-6-45-17-11-19-51-21-18-46(40(45)51)34-22-35(38(58-3)23-37(34)52(27-53)41(46)48(57,44(56)60-5)42(45)61-28(2)54)47(43(55)59-4)24-30-26-50(25-29-12-7-8-13-31(29)30)20-16-33-32-14-9-10-15-36(32)49-39(33)47/h9-11,14-15,17,22-23,27,29-31,40-42,49,57H,6-8,12-13,16,18-21,24-26H2,1-5H3/t29-,30+,31-,40+,41-,42-,45-,46-,47+,48+/m1/s1. The maximum atomic E-state index is 15.5. The lowest BCUT2D eigenvalue weighted by Gasteiger charge is -2.63. The Kier molecular flexibility index (Phi) is 9.54. The summed E-state index contributed by atoms with van der Waals surface area (Å²) in [4.78, 5) is 67.0. The highest BCUT2D eigenvalue weighted by Gasteiger charge is 2.81. The zero-order valence-electron chi connectivity index (χ0n) is 35.9. The Morgan fingerprint density at radius 1 is 0.967 bits per heavy atom. The topological polar surface area (TPSA) is 151 Å². The highest BCUT2D eigenvalue weighted by Crippen LogP contribution is 2.68. The van der Waals surface area contributed by atoms with Crippen molar-refractivity contribution >= 4 is 40.9 Å². The number of aromatic nitrogens is 1. The van der Waals surface area contributed by atoms with Crippen LogP contribution in [0, 0.1) is 23.2 Å².